The van der Waals surface area contributed by atoms with Crippen molar-refractivity contribution in [2.45, 2.75) is 37.7 Å². The van der Waals surface area contributed by atoms with Gasteiger partial charge in [0.25, 0.3) is 5.91 Å². The number of hydrogen-bond acceptors (Lipinski definition) is 8. The lowest BCUT2D eigenvalue weighted by atomic mass is 9.99. The van der Waals surface area contributed by atoms with E-state index in [4.69, 9.17) is 9.47 Å². The second-order valence-corrected chi connectivity index (χ2v) is 11.1. The molecule has 0 bridgehead atoms. The van der Waals surface area contributed by atoms with Crippen LogP contribution in [0.4, 0.5) is 5.13 Å². The number of aromatic nitrogens is 2. The van der Waals surface area contributed by atoms with E-state index in [-0.39, 0.29) is 10.8 Å². The van der Waals surface area contributed by atoms with Gasteiger partial charge in [0.2, 0.25) is 5.13 Å². The van der Waals surface area contributed by atoms with E-state index in [2.05, 4.69) is 15.5 Å². The van der Waals surface area contributed by atoms with Crippen molar-refractivity contribution in [1.82, 2.24) is 10.2 Å². The molecule has 0 fully saturated rings. The number of nitrogens with zero attached hydrogens (tertiary/aromatic N) is 2. The first-order valence-corrected chi connectivity index (χ1v) is 12.2. The fourth-order valence-electron chi connectivity index (χ4n) is 3.26. The lowest BCUT2D eigenvalue weighted by Crippen LogP contribution is -2.24. The molecule has 0 saturated heterocycles. The van der Waals surface area contributed by atoms with Crippen LogP contribution in [0, 0.1) is 6.92 Å². The topological polar surface area (TPSA) is 107 Å². The third-order valence-electron chi connectivity index (χ3n) is 4.65. The molecule has 1 amide bonds. The molecule has 2 aromatic carbocycles. The molecule has 0 aliphatic carbocycles. The van der Waals surface area contributed by atoms with E-state index in [9.17, 15) is 13.2 Å². The van der Waals surface area contributed by atoms with E-state index in [1.54, 1.807) is 31.2 Å². The first-order chi connectivity index (χ1) is 14.5. The van der Waals surface area contributed by atoms with Crippen LogP contribution >= 0.6 is 11.3 Å². The summed E-state index contributed by atoms with van der Waals surface area (Å²) in [6.45, 7) is 5.72. The number of sulfone groups is 1. The minimum atomic E-state index is -3.30. The van der Waals surface area contributed by atoms with Gasteiger partial charge in [0, 0.05) is 23.8 Å². The predicted molar refractivity (Wildman–Crippen MR) is 117 cm³/mol. The van der Waals surface area contributed by atoms with Crippen LogP contribution in [0.3, 0.4) is 0 Å². The molecule has 0 radical (unpaired) electrons. The molecule has 1 aliphatic heterocycles. The number of aryl methyl sites for hydroxylation is 1. The van der Waals surface area contributed by atoms with Crippen molar-refractivity contribution in [3.05, 3.63) is 52.5 Å². The summed E-state index contributed by atoms with van der Waals surface area (Å²) in [7, 11) is -3.30. The van der Waals surface area contributed by atoms with Crippen LogP contribution in [-0.4, -0.2) is 36.4 Å². The number of nitrogens with one attached hydrogen (secondary N) is 1. The smallest absolute Gasteiger partial charge is 0.257 e. The molecule has 0 unspecified atom stereocenters. The summed E-state index contributed by atoms with van der Waals surface area (Å²) in [5.41, 5.74) is 0.763. The summed E-state index contributed by atoms with van der Waals surface area (Å²) in [5.74, 6) is 1.16. The van der Waals surface area contributed by atoms with Crippen LogP contribution in [0.5, 0.6) is 17.2 Å². The maximum absolute atomic E-state index is 12.8. The Hall–Kier alpha value is -2.98. The molecule has 1 N–H and O–H groups in total. The van der Waals surface area contributed by atoms with Crippen LogP contribution in [0.25, 0.3) is 0 Å². The first-order valence-electron chi connectivity index (χ1n) is 9.45. The van der Waals surface area contributed by atoms with Crippen molar-refractivity contribution < 1.29 is 22.7 Å². The Kier molecular flexibility index (Phi) is 5.22. The predicted octanol–water partition coefficient (Wildman–Crippen LogP) is 4.01. The number of anilines is 1. The van der Waals surface area contributed by atoms with E-state index >= 15 is 0 Å². The van der Waals surface area contributed by atoms with Crippen LogP contribution in [-0.2, 0) is 16.3 Å². The fourth-order valence-corrected chi connectivity index (χ4v) is 4.48. The highest BCUT2D eigenvalue weighted by Gasteiger charge is 2.34. The van der Waals surface area contributed by atoms with Crippen molar-refractivity contribution >= 4 is 32.2 Å². The fraction of sp³-hybridized carbons (Fsp3) is 0.286. The van der Waals surface area contributed by atoms with Crippen LogP contribution in [0.1, 0.15) is 34.8 Å². The number of amides is 1. The minimum Gasteiger partial charge on any atom is -0.487 e. The largest absolute Gasteiger partial charge is 0.487 e. The average molecular weight is 460 g/mol. The van der Waals surface area contributed by atoms with Gasteiger partial charge in [-0.15, -0.1) is 10.2 Å². The lowest BCUT2D eigenvalue weighted by Gasteiger charge is -2.16. The Morgan fingerprint density at radius 2 is 1.90 bits per heavy atom. The number of carbonyl (C=O) groups excluding carboxylic acids is 1. The maximum atomic E-state index is 12.8. The average Bonchev–Trinajstić information content (AvgIpc) is 3.22. The first kappa shape index (κ1) is 21.3. The normalized spacial score (nSPS) is 14.6. The van der Waals surface area contributed by atoms with Gasteiger partial charge in [-0.2, -0.15) is 0 Å². The van der Waals surface area contributed by atoms with Gasteiger partial charge in [-0.1, -0.05) is 11.3 Å². The second kappa shape index (κ2) is 7.61. The molecular weight excluding hydrogens is 438 g/mol. The van der Waals surface area contributed by atoms with Crippen molar-refractivity contribution in [2.75, 3.05) is 11.6 Å². The molecule has 0 spiro atoms. The van der Waals surface area contributed by atoms with Crippen LogP contribution < -0.4 is 14.8 Å². The van der Waals surface area contributed by atoms with Gasteiger partial charge in [-0.3, -0.25) is 10.1 Å². The van der Waals surface area contributed by atoms with Crippen molar-refractivity contribution in [2.24, 2.45) is 0 Å². The highest BCUT2D eigenvalue weighted by atomic mass is 32.2. The van der Waals surface area contributed by atoms with Gasteiger partial charge >= 0.3 is 0 Å². The van der Waals surface area contributed by atoms with Gasteiger partial charge < -0.3 is 9.47 Å². The van der Waals surface area contributed by atoms with Gasteiger partial charge in [0.05, 0.1) is 4.90 Å². The molecule has 10 heteroatoms. The molecule has 162 valence electrons. The summed E-state index contributed by atoms with van der Waals surface area (Å²) >= 11 is 1.28. The number of ether oxygens (including phenoxy) is 2. The Bertz CT molecular complexity index is 1260. The lowest BCUT2D eigenvalue weighted by molar-refractivity contribution is 0.102. The highest BCUT2D eigenvalue weighted by molar-refractivity contribution is 7.90. The molecule has 8 nitrogen and oxygen atoms in total. The molecule has 2 heterocycles. The molecule has 3 aromatic rings. The van der Waals surface area contributed by atoms with E-state index in [1.165, 1.54) is 23.5 Å². The Labute approximate surface area is 184 Å². The third-order valence-corrected chi connectivity index (χ3v) is 6.53. The Morgan fingerprint density at radius 1 is 1.19 bits per heavy atom. The zero-order valence-corrected chi connectivity index (χ0v) is 19.1. The van der Waals surface area contributed by atoms with E-state index < -0.39 is 15.4 Å². The zero-order valence-electron chi connectivity index (χ0n) is 17.4. The summed E-state index contributed by atoms with van der Waals surface area (Å²) in [5, 5.41) is 11.7. The molecule has 31 heavy (non-hydrogen) atoms. The number of hydrogen-bond donors (Lipinski definition) is 1. The second-order valence-electron chi connectivity index (χ2n) is 7.92. The number of fused-ring (bicyclic) bond motifs is 1. The van der Waals surface area contributed by atoms with Gasteiger partial charge in [-0.05, 0) is 57.2 Å². The van der Waals surface area contributed by atoms with Crippen LogP contribution in [0.2, 0.25) is 0 Å². The summed E-state index contributed by atoms with van der Waals surface area (Å²) in [6.07, 6.45) is 1.76. The quantitative estimate of drug-likeness (QED) is 0.614. The zero-order chi connectivity index (χ0) is 22.4. The van der Waals surface area contributed by atoms with Crippen molar-refractivity contribution in [3.63, 3.8) is 0 Å². The third kappa shape index (κ3) is 4.70. The standard InChI is InChI=1S/C21H21N3O5S2/c1-12-23-24-20(30-12)22-19(25)13-9-17(16-11-21(2,3)29-18(16)10-13)28-14-5-7-15(8-6-14)31(4,26)27/h5-10H,11H2,1-4H3,(H,22,24,25). The number of carbonyl (C=O) groups is 1. The molecular formula is C21H21N3O5S2. The van der Waals surface area contributed by atoms with Gasteiger partial charge in [0.15, 0.2) is 9.84 Å². The van der Waals surface area contributed by atoms with Crippen molar-refractivity contribution in [3.8, 4) is 17.2 Å². The summed E-state index contributed by atoms with van der Waals surface area (Å²) in [6, 6.07) is 9.48. The number of rotatable bonds is 5. The van der Waals surface area contributed by atoms with Gasteiger partial charge in [-0.25, -0.2) is 8.42 Å². The molecule has 4 rings (SSSR count). The van der Waals surface area contributed by atoms with Crippen LogP contribution in [0.15, 0.2) is 41.3 Å². The van der Waals surface area contributed by atoms with Crippen molar-refractivity contribution in [1.29, 1.82) is 0 Å². The van der Waals surface area contributed by atoms with E-state index in [1.807, 2.05) is 13.8 Å². The molecule has 0 saturated carbocycles. The molecule has 1 aliphatic rings. The SMILES string of the molecule is Cc1nnc(NC(=O)c2cc(Oc3ccc(S(C)(=O)=O)cc3)c3c(c2)OC(C)(C)C3)s1. The molecule has 0 atom stereocenters. The van der Waals surface area contributed by atoms with E-state index in [0.29, 0.717) is 34.4 Å². The molecule has 1 aromatic heterocycles. The maximum Gasteiger partial charge on any atom is 0.257 e. The monoisotopic (exact) mass is 459 g/mol. The highest BCUT2D eigenvalue weighted by Crippen LogP contribution is 2.43. The minimum absolute atomic E-state index is 0.204. The summed E-state index contributed by atoms with van der Waals surface area (Å²) in [4.78, 5) is 13.0. The van der Waals surface area contributed by atoms with E-state index in [0.717, 1.165) is 16.8 Å². The summed E-state index contributed by atoms with van der Waals surface area (Å²) < 4.78 is 35.4. The number of benzene rings is 2. The van der Waals surface area contributed by atoms with Gasteiger partial charge in [0.1, 0.15) is 27.9 Å². The Balaban J connectivity index is 1.67. The Morgan fingerprint density at radius 3 is 2.52 bits per heavy atom.